The Bertz CT molecular complexity index is 847. The number of hydrogen-bond donors (Lipinski definition) is 2. The van der Waals surface area contributed by atoms with E-state index in [0.717, 1.165) is 31.4 Å². The zero-order chi connectivity index (χ0) is 19.4. The fourth-order valence-corrected chi connectivity index (χ4v) is 4.08. The van der Waals surface area contributed by atoms with Gasteiger partial charge < -0.3 is 15.1 Å². The lowest BCUT2D eigenvalue weighted by Crippen LogP contribution is -2.29. The van der Waals surface area contributed by atoms with E-state index in [1.807, 2.05) is 18.2 Å². The molecule has 0 spiro atoms. The first-order valence-electron chi connectivity index (χ1n) is 9.39. The number of allylic oxidation sites excluding steroid dienone is 1. The van der Waals surface area contributed by atoms with E-state index in [1.54, 1.807) is 24.3 Å². The molecule has 1 fully saturated rings. The lowest BCUT2D eigenvalue weighted by atomic mass is 9.73. The second-order valence-electron chi connectivity index (χ2n) is 7.70. The van der Waals surface area contributed by atoms with E-state index in [1.165, 1.54) is 11.1 Å². The summed E-state index contributed by atoms with van der Waals surface area (Å²) in [4.78, 5) is 13.4. The number of phenols is 1. The summed E-state index contributed by atoms with van der Waals surface area (Å²) in [5.74, 6) is 0.287. The average Bonchev–Trinajstić information content (AvgIpc) is 2.63. The molecule has 5 heteroatoms. The molecule has 150 valence electrons. The Labute approximate surface area is 172 Å². The van der Waals surface area contributed by atoms with Crippen molar-refractivity contribution in [2.24, 2.45) is 5.92 Å². The van der Waals surface area contributed by atoms with E-state index in [2.05, 4.69) is 31.1 Å². The van der Waals surface area contributed by atoms with Crippen LogP contribution in [0.25, 0.3) is 6.08 Å². The number of halogens is 1. The molecule has 28 heavy (non-hydrogen) atoms. The summed E-state index contributed by atoms with van der Waals surface area (Å²) in [7, 11) is 4.20. The monoisotopic (exact) mass is 401 g/mol. The van der Waals surface area contributed by atoms with E-state index in [9.17, 15) is 15.0 Å². The van der Waals surface area contributed by atoms with Crippen molar-refractivity contribution < 1.29 is 15.0 Å². The van der Waals surface area contributed by atoms with Crippen LogP contribution >= 0.6 is 12.4 Å². The Morgan fingerprint density at radius 3 is 2.61 bits per heavy atom. The van der Waals surface area contributed by atoms with E-state index in [-0.39, 0.29) is 12.4 Å². The van der Waals surface area contributed by atoms with Gasteiger partial charge in [-0.15, -0.1) is 12.4 Å². The minimum Gasteiger partial charge on any atom is -0.508 e. The van der Waals surface area contributed by atoms with Crippen molar-refractivity contribution >= 4 is 24.5 Å². The van der Waals surface area contributed by atoms with Crippen LogP contribution in [0.4, 0.5) is 0 Å². The van der Waals surface area contributed by atoms with Gasteiger partial charge in [0.2, 0.25) is 0 Å². The highest BCUT2D eigenvalue weighted by molar-refractivity contribution is 5.88. The molecular weight excluding hydrogens is 374 g/mol. The molecule has 2 aromatic carbocycles. The predicted octanol–water partition coefficient (Wildman–Crippen LogP) is 5.04. The van der Waals surface area contributed by atoms with Gasteiger partial charge in [-0.3, -0.25) is 0 Å². The zero-order valence-electron chi connectivity index (χ0n) is 16.3. The van der Waals surface area contributed by atoms with E-state index < -0.39 is 5.97 Å². The number of aromatic hydroxyl groups is 1. The Hall–Kier alpha value is -2.30. The fourth-order valence-electron chi connectivity index (χ4n) is 4.08. The number of benzene rings is 2. The number of phenolic OH excluding ortho intramolecular Hbond substituents is 1. The number of carboxylic acid groups (broad SMARTS) is 1. The summed E-state index contributed by atoms with van der Waals surface area (Å²) in [6, 6.07) is 14.7. The van der Waals surface area contributed by atoms with Crippen molar-refractivity contribution in [3.05, 3.63) is 70.8 Å². The minimum atomic E-state index is -0.900. The molecule has 1 aliphatic rings. The summed E-state index contributed by atoms with van der Waals surface area (Å²) < 4.78 is 0. The molecule has 3 rings (SSSR count). The normalized spacial score (nSPS) is 20.8. The maximum atomic E-state index is 11.2. The van der Waals surface area contributed by atoms with Gasteiger partial charge >= 0.3 is 5.97 Å². The molecule has 0 bridgehead atoms. The summed E-state index contributed by atoms with van der Waals surface area (Å²) in [5, 5.41) is 19.1. The Morgan fingerprint density at radius 2 is 1.93 bits per heavy atom. The molecule has 0 amide bonds. The highest BCUT2D eigenvalue weighted by atomic mass is 35.5. The summed E-state index contributed by atoms with van der Waals surface area (Å²) >= 11 is 0. The van der Waals surface area contributed by atoms with Crippen molar-refractivity contribution in [3.63, 3.8) is 0 Å². The highest BCUT2D eigenvalue weighted by Gasteiger charge is 2.29. The van der Waals surface area contributed by atoms with Crippen LogP contribution in [0.1, 0.15) is 46.7 Å². The molecule has 1 aliphatic carbocycles. The molecule has 0 saturated heterocycles. The first kappa shape index (κ1) is 22.0. The van der Waals surface area contributed by atoms with Crippen LogP contribution in [-0.2, 0) is 0 Å². The van der Waals surface area contributed by atoms with Gasteiger partial charge in [-0.1, -0.05) is 35.9 Å². The number of rotatable bonds is 5. The Morgan fingerprint density at radius 1 is 1.18 bits per heavy atom. The molecule has 4 nitrogen and oxygen atoms in total. The molecule has 2 atom stereocenters. The van der Waals surface area contributed by atoms with Crippen LogP contribution in [0.3, 0.4) is 0 Å². The zero-order valence-corrected chi connectivity index (χ0v) is 17.2. The van der Waals surface area contributed by atoms with Crippen molar-refractivity contribution in [2.75, 3.05) is 20.6 Å². The lowest BCUT2D eigenvalue weighted by molar-refractivity contribution is 0.0697. The largest absolute Gasteiger partial charge is 0.508 e. The van der Waals surface area contributed by atoms with E-state index in [0.29, 0.717) is 23.1 Å². The van der Waals surface area contributed by atoms with Gasteiger partial charge in [-0.05, 0) is 80.6 Å². The third kappa shape index (κ3) is 5.60. The molecular formula is C23H28ClNO3. The van der Waals surface area contributed by atoms with Crippen LogP contribution in [0, 0.1) is 5.92 Å². The number of aromatic carboxylic acids is 1. The van der Waals surface area contributed by atoms with Crippen molar-refractivity contribution in [1.82, 2.24) is 4.90 Å². The Balaban J connectivity index is 0.00000280. The number of carboxylic acids is 1. The van der Waals surface area contributed by atoms with Crippen LogP contribution in [-0.4, -0.2) is 41.7 Å². The van der Waals surface area contributed by atoms with Crippen LogP contribution < -0.4 is 0 Å². The molecule has 0 unspecified atom stereocenters. The molecule has 0 heterocycles. The first-order valence-corrected chi connectivity index (χ1v) is 9.39. The summed E-state index contributed by atoms with van der Waals surface area (Å²) in [6.07, 6.45) is 5.17. The highest BCUT2D eigenvalue weighted by Crippen LogP contribution is 2.42. The SMILES string of the molecule is CN(C)C[C@@H]1CC/C(=C\c2cccc(C(=O)O)c2)C[C@H]1c1cccc(O)c1.Cl. The number of nitrogens with zero attached hydrogens (tertiary/aromatic N) is 1. The van der Waals surface area contributed by atoms with E-state index >= 15 is 0 Å². The van der Waals surface area contributed by atoms with Crippen LogP contribution in [0.15, 0.2) is 54.1 Å². The van der Waals surface area contributed by atoms with Crippen LogP contribution in [0.5, 0.6) is 5.75 Å². The number of carbonyl (C=O) groups is 1. The number of hydrogen-bond acceptors (Lipinski definition) is 3. The average molecular weight is 402 g/mol. The Kier molecular flexibility index (Phi) is 7.67. The third-order valence-electron chi connectivity index (χ3n) is 5.29. The topological polar surface area (TPSA) is 60.8 Å². The molecule has 0 aromatic heterocycles. The van der Waals surface area contributed by atoms with Gasteiger partial charge in [0, 0.05) is 6.54 Å². The summed E-state index contributed by atoms with van der Waals surface area (Å²) in [5.41, 5.74) is 3.76. The molecule has 2 N–H and O–H groups in total. The standard InChI is InChI=1S/C23H27NO3.ClH/c1-24(2)15-20-10-9-17(11-16-5-3-7-19(12-16)23(26)27)13-22(20)18-6-4-8-21(25)14-18;/h3-8,11-12,14,20,22,25H,9-10,13,15H2,1-2H3,(H,26,27);1H/b17-11+;/t20-,22-;/m0./s1. The minimum absolute atomic E-state index is 0. The third-order valence-corrected chi connectivity index (χ3v) is 5.29. The molecule has 0 radical (unpaired) electrons. The lowest BCUT2D eigenvalue weighted by Gasteiger charge is -2.35. The fraction of sp³-hybridized carbons (Fsp3) is 0.348. The quantitative estimate of drug-likeness (QED) is 0.736. The van der Waals surface area contributed by atoms with Crippen molar-refractivity contribution in [3.8, 4) is 5.75 Å². The second kappa shape index (κ2) is 9.76. The maximum Gasteiger partial charge on any atom is 0.335 e. The molecule has 0 aliphatic heterocycles. The van der Waals surface area contributed by atoms with Gasteiger partial charge in [0.15, 0.2) is 0 Å². The molecule has 2 aromatic rings. The summed E-state index contributed by atoms with van der Waals surface area (Å²) in [6.45, 7) is 1.02. The van der Waals surface area contributed by atoms with Gasteiger partial charge in [0.05, 0.1) is 5.56 Å². The maximum absolute atomic E-state index is 11.2. The van der Waals surface area contributed by atoms with Gasteiger partial charge in [-0.2, -0.15) is 0 Å². The second-order valence-corrected chi connectivity index (χ2v) is 7.70. The van der Waals surface area contributed by atoms with Crippen molar-refractivity contribution in [2.45, 2.75) is 25.2 Å². The van der Waals surface area contributed by atoms with Gasteiger partial charge in [0.1, 0.15) is 5.75 Å². The first-order chi connectivity index (χ1) is 12.9. The van der Waals surface area contributed by atoms with Crippen molar-refractivity contribution in [1.29, 1.82) is 0 Å². The van der Waals surface area contributed by atoms with E-state index in [4.69, 9.17) is 0 Å². The predicted molar refractivity (Wildman–Crippen MR) is 115 cm³/mol. The van der Waals surface area contributed by atoms with Crippen LogP contribution in [0.2, 0.25) is 0 Å². The smallest absolute Gasteiger partial charge is 0.335 e. The molecule has 1 saturated carbocycles. The van der Waals surface area contributed by atoms with Gasteiger partial charge in [0.25, 0.3) is 0 Å². The van der Waals surface area contributed by atoms with Gasteiger partial charge in [-0.25, -0.2) is 4.79 Å².